The van der Waals surface area contributed by atoms with Crippen molar-refractivity contribution in [1.29, 1.82) is 0 Å². The largest absolute Gasteiger partial charge is 0.362 e. The van der Waals surface area contributed by atoms with Crippen molar-refractivity contribution in [3.8, 4) is 0 Å². The van der Waals surface area contributed by atoms with Gasteiger partial charge in [-0.2, -0.15) is 0 Å². The quantitative estimate of drug-likeness (QED) is 0.485. The van der Waals surface area contributed by atoms with E-state index in [-0.39, 0.29) is 0 Å². The highest BCUT2D eigenvalue weighted by Gasteiger charge is 2.09. The van der Waals surface area contributed by atoms with Crippen molar-refractivity contribution in [3.63, 3.8) is 0 Å². The van der Waals surface area contributed by atoms with Gasteiger partial charge in [0.15, 0.2) is 34.6 Å². The van der Waals surface area contributed by atoms with Gasteiger partial charge in [-0.25, -0.2) is 0 Å². The first-order valence-corrected chi connectivity index (χ1v) is 3.26. The van der Waals surface area contributed by atoms with E-state index in [1.54, 1.807) is 0 Å². The zero-order valence-corrected chi connectivity index (χ0v) is 5.76. The molecule has 0 unspecified atom stereocenters. The molecule has 0 aliphatic heterocycles. The van der Waals surface area contributed by atoms with Crippen LogP contribution in [0.25, 0.3) is 22.1 Å². The molecule has 0 amide bonds. The molecule has 58 valence electrons. The Hall–Kier alpha value is -1.98. The van der Waals surface area contributed by atoms with Crippen LogP contribution in [-0.4, -0.2) is 20.5 Å². The Morgan fingerprint density at radius 3 is 1.83 bits per heavy atom. The third kappa shape index (κ3) is 0.541. The fourth-order valence-electron chi connectivity index (χ4n) is 1.04. The summed E-state index contributed by atoms with van der Waals surface area (Å²) in [6.07, 6.45) is 2.83. The third-order valence-corrected chi connectivity index (χ3v) is 1.59. The summed E-state index contributed by atoms with van der Waals surface area (Å²) >= 11 is 0. The number of fused-ring (bicyclic) bond motifs is 3. The van der Waals surface area contributed by atoms with Gasteiger partial charge in [-0.1, -0.05) is 10.3 Å². The average Bonchev–Trinajstić information content (AvgIpc) is 2.71. The Balaban J connectivity index is 2.71. The molecule has 0 aromatic carbocycles. The van der Waals surface area contributed by atoms with Gasteiger partial charge < -0.3 is 9.05 Å². The van der Waals surface area contributed by atoms with Crippen molar-refractivity contribution in [2.45, 2.75) is 0 Å². The molecule has 3 aromatic heterocycles. The first kappa shape index (κ1) is 5.64. The van der Waals surface area contributed by atoms with Crippen molar-refractivity contribution in [2.24, 2.45) is 0 Å². The Morgan fingerprint density at radius 1 is 0.833 bits per heavy atom. The van der Waals surface area contributed by atoms with E-state index in [9.17, 15) is 0 Å². The predicted octanol–water partition coefficient (Wildman–Crippen LogP) is 0.759. The van der Waals surface area contributed by atoms with Crippen LogP contribution in [0.3, 0.4) is 0 Å². The first-order chi connectivity index (χ1) is 5.95. The molecular weight excluding hydrogens is 160 g/mol. The SMILES string of the molecule is c1onc2c1nnc1conc12. The lowest BCUT2D eigenvalue weighted by Crippen LogP contribution is -1.82. The lowest BCUT2D eigenvalue weighted by atomic mass is 10.4. The van der Waals surface area contributed by atoms with E-state index >= 15 is 0 Å². The third-order valence-electron chi connectivity index (χ3n) is 1.59. The molecule has 0 N–H and O–H groups in total. The molecule has 3 heterocycles. The van der Waals surface area contributed by atoms with Gasteiger partial charge in [0, 0.05) is 0 Å². The molecule has 0 atom stereocenters. The van der Waals surface area contributed by atoms with Gasteiger partial charge in [0.2, 0.25) is 0 Å². The molecular formula is C6H2N4O2. The summed E-state index contributed by atoms with van der Waals surface area (Å²) in [5.74, 6) is 0. The summed E-state index contributed by atoms with van der Waals surface area (Å²) in [4.78, 5) is 0. The lowest BCUT2D eigenvalue weighted by molar-refractivity contribution is 0.422. The Labute approximate surface area is 65.1 Å². The molecule has 0 saturated heterocycles. The Kier molecular flexibility index (Phi) is 0.840. The molecule has 0 spiro atoms. The lowest BCUT2D eigenvalue weighted by Gasteiger charge is -1.82. The van der Waals surface area contributed by atoms with E-state index < -0.39 is 0 Å². The number of nitrogens with zero attached hydrogens (tertiary/aromatic N) is 4. The van der Waals surface area contributed by atoms with Gasteiger partial charge in [-0.05, 0) is 0 Å². The number of hydrogen-bond acceptors (Lipinski definition) is 6. The zero-order valence-electron chi connectivity index (χ0n) is 5.76. The topological polar surface area (TPSA) is 77.8 Å². The van der Waals surface area contributed by atoms with Crippen LogP contribution in [0.5, 0.6) is 0 Å². The molecule has 0 aliphatic rings. The van der Waals surface area contributed by atoms with Crippen LogP contribution in [0.2, 0.25) is 0 Å². The highest BCUT2D eigenvalue weighted by Crippen LogP contribution is 2.17. The smallest absolute Gasteiger partial charge is 0.165 e. The fraction of sp³-hybridized carbons (Fsp3) is 0. The van der Waals surface area contributed by atoms with E-state index in [0.29, 0.717) is 22.1 Å². The summed E-state index contributed by atoms with van der Waals surface area (Å²) in [7, 11) is 0. The first-order valence-electron chi connectivity index (χ1n) is 3.26. The van der Waals surface area contributed by atoms with Crippen LogP contribution < -0.4 is 0 Å². The molecule has 3 aromatic rings. The van der Waals surface area contributed by atoms with Crippen molar-refractivity contribution < 1.29 is 9.05 Å². The second-order valence-electron chi connectivity index (χ2n) is 2.30. The van der Waals surface area contributed by atoms with Crippen LogP contribution in [-0.2, 0) is 0 Å². The van der Waals surface area contributed by atoms with Gasteiger partial charge in [0.25, 0.3) is 0 Å². The summed E-state index contributed by atoms with van der Waals surface area (Å²) < 4.78 is 9.42. The van der Waals surface area contributed by atoms with Crippen molar-refractivity contribution >= 4 is 22.1 Å². The van der Waals surface area contributed by atoms with Crippen LogP contribution in [0, 0.1) is 0 Å². The van der Waals surface area contributed by atoms with Gasteiger partial charge >= 0.3 is 0 Å². The number of aromatic nitrogens is 4. The van der Waals surface area contributed by atoms with E-state index in [2.05, 4.69) is 20.5 Å². The summed E-state index contributed by atoms with van der Waals surface area (Å²) in [6.45, 7) is 0. The zero-order chi connectivity index (χ0) is 7.97. The van der Waals surface area contributed by atoms with Gasteiger partial charge in [0.1, 0.15) is 0 Å². The number of rotatable bonds is 0. The minimum Gasteiger partial charge on any atom is -0.362 e. The molecule has 3 rings (SSSR count). The number of hydrogen-bond donors (Lipinski definition) is 0. The standard InChI is InChI=1S/C6H2N4O2/c1-3-5(9-11-1)6-4(8-7-3)2-12-10-6/h1-2H. The minimum absolute atomic E-state index is 0.578. The molecule has 6 nitrogen and oxygen atoms in total. The van der Waals surface area contributed by atoms with E-state index in [1.807, 2.05) is 0 Å². The van der Waals surface area contributed by atoms with Crippen molar-refractivity contribution in [1.82, 2.24) is 20.5 Å². The van der Waals surface area contributed by atoms with Gasteiger partial charge in [-0.15, -0.1) is 10.2 Å². The highest BCUT2D eigenvalue weighted by molar-refractivity contribution is 5.96. The maximum Gasteiger partial charge on any atom is 0.165 e. The van der Waals surface area contributed by atoms with Gasteiger partial charge in [-0.3, -0.25) is 0 Å². The molecule has 0 radical (unpaired) electrons. The fourth-order valence-corrected chi connectivity index (χ4v) is 1.04. The molecule has 0 aliphatic carbocycles. The van der Waals surface area contributed by atoms with Crippen LogP contribution in [0.15, 0.2) is 21.6 Å². The summed E-state index contributed by atoms with van der Waals surface area (Å²) in [6, 6.07) is 0. The van der Waals surface area contributed by atoms with E-state index in [4.69, 9.17) is 9.05 Å². The minimum atomic E-state index is 0.578. The molecule has 6 heteroatoms. The van der Waals surface area contributed by atoms with Crippen LogP contribution >= 0.6 is 0 Å². The van der Waals surface area contributed by atoms with Crippen LogP contribution in [0.1, 0.15) is 0 Å². The maximum atomic E-state index is 4.71. The monoisotopic (exact) mass is 162 g/mol. The Bertz CT molecular complexity index is 491. The molecule has 0 saturated carbocycles. The second-order valence-corrected chi connectivity index (χ2v) is 2.30. The second kappa shape index (κ2) is 1.79. The van der Waals surface area contributed by atoms with Crippen molar-refractivity contribution in [2.75, 3.05) is 0 Å². The summed E-state index contributed by atoms with van der Waals surface area (Å²) in [5.41, 5.74) is 2.32. The Morgan fingerprint density at radius 2 is 1.33 bits per heavy atom. The average molecular weight is 162 g/mol. The highest BCUT2D eigenvalue weighted by atomic mass is 16.5. The van der Waals surface area contributed by atoms with E-state index in [0.717, 1.165) is 0 Å². The molecule has 0 fully saturated rings. The van der Waals surface area contributed by atoms with Gasteiger partial charge in [0.05, 0.1) is 0 Å². The maximum absolute atomic E-state index is 4.71. The molecule has 0 bridgehead atoms. The van der Waals surface area contributed by atoms with Crippen molar-refractivity contribution in [3.05, 3.63) is 12.5 Å². The van der Waals surface area contributed by atoms with E-state index in [1.165, 1.54) is 12.5 Å². The molecule has 12 heavy (non-hydrogen) atoms. The van der Waals surface area contributed by atoms with Crippen LogP contribution in [0.4, 0.5) is 0 Å². The normalized spacial score (nSPS) is 11.3. The summed E-state index contributed by atoms with van der Waals surface area (Å²) in [5, 5.41) is 15.1. The predicted molar refractivity (Wildman–Crippen MR) is 37.2 cm³/mol.